The highest BCUT2D eigenvalue weighted by Crippen LogP contribution is 2.33. The van der Waals surface area contributed by atoms with E-state index in [1.165, 1.54) is 0 Å². The third-order valence-corrected chi connectivity index (χ3v) is 5.01. The Hall–Kier alpha value is -2.24. The first-order valence-electron chi connectivity index (χ1n) is 8.41. The quantitative estimate of drug-likeness (QED) is 0.678. The van der Waals surface area contributed by atoms with Crippen LogP contribution >= 0.6 is 0 Å². The van der Waals surface area contributed by atoms with Crippen molar-refractivity contribution in [1.82, 2.24) is 5.32 Å². The number of piperidine rings is 2. The highest BCUT2D eigenvalue weighted by Gasteiger charge is 2.31. The van der Waals surface area contributed by atoms with Gasteiger partial charge in [-0.25, -0.2) is 4.39 Å². The molecule has 24 heavy (non-hydrogen) atoms. The molecule has 0 radical (unpaired) electrons. The Morgan fingerprint density at radius 2 is 1.96 bits per heavy atom. The zero-order valence-electron chi connectivity index (χ0n) is 13.5. The van der Waals surface area contributed by atoms with E-state index in [1.807, 2.05) is 4.90 Å². The summed E-state index contributed by atoms with van der Waals surface area (Å²) in [5.41, 5.74) is 0.856. The van der Waals surface area contributed by atoms with Gasteiger partial charge in [0.25, 0.3) is 0 Å². The lowest BCUT2D eigenvalue weighted by atomic mass is 9.89. The molecule has 1 unspecified atom stereocenters. The Bertz CT molecular complexity index is 654. The Kier molecular flexibility index (Phi) is 4.92. The second-order valence-electron chi connectivity index (χ2n) is 6.52. The van der Waals surface area contributed by atoms with Crippen LogP contribution in [0.5, 0.6) is 0 Å². The maximum atomic E-state index is 15.0. The van der Waals surface area contributed by atoms with Crippen molar-refractivity contribution in [1.29, 1.82) is 0 Å². The second kappa shape index (κ2) is 7.11. The molecule has 2 heterocycles. The van der Waals surface area contributed by atoms with Crippen LogP contribution in [0.4, 0.5) is 10.1 Å². The van der Waals surface area contributed by atoms with Gasteiger partial charge in [0.05, 0.1) is 11.6 Å². The molecule has 1 atom stereocenters. The lowest BCUT2D eigenvalue weighted by Gasteiger charge is -2.34. The van der Waals surface area contributed by atoms with Gasteiger partial charge in [-0.2, -0.15) is 0 Å². The number of nitrogens with zero attached hydrogens (tertiary/aromatic N) is 1. The molecule has 2 amide bonds. The van der Waals surface area contributed by atoms with Gasteiger partial charge in [-0.15, -0.1) is 0 Å². The van der Waals surface area contributed by atoms with E-state index < -0.39 is 11.8 Å². The Balaban J connectivity index is 1.78. The monoisotopic (exact) mass is 332 g/mol. The standard InChI is InChI=1S/C18H21FN2O3/c19-17-13(14-4-5-16(23)20-18(14)24)2-1-3-15(17)21-9-6-12(7-10-21)8-11-22/h1-3,11-12,14H,4-10H2,(H,20,23,24). The van der Waals surface area contributed by atoms with Crippen molar-refractivity contribution in [3.05, 3.63) is 29.6 Å². The van der Waals surface area contributed by atoms with Crippen molar-refractivity contribution in [3.8, 4) is 0 Å². The van der Waals surface area contributed by atoms with Crippen molar-refractivity contribution >= 4 is 23.8 Å². The highest BCUT2D eigenvalue weighted by molar-refractivity contribution is 6.01. The maximum absolute atomic E-state index is 15.0. The summed E-state index contributed by atoms with van der Waals surface area (Å²) < 4.78 is 15.0. The van der Waals surface area contributed by atoms with E-state index in [9.17, 15) is 18.8 Å². The SMILES string of the molecule is O=CCC1CCN(c2cccc(C3CCC(=O)NC3=O)c2F)CC1. The number of halogens is 1. The average Bonchev–Trinajstić information content (AvgIpc) is 2.57. The van der Waals surface area contributed by atoms with Crippen LogP contribution < -0.4 is 10.2 Å². The van der Waals surface area contributed by atoms with E-state index in [-0.39, 0.29) is 18.1 Å². The van der Waals surface area contributed by atoms with Crippen molar-refractivity contribution in [2.45, 2.75) is 38.0 Å². The summed E-state index contributed by atoms with van der Waals surface area (Å²) in [6.45, 7) is 1.41. The number of nitrogens with one attached hydrogen (secondary N) is 1. The molecule has 5 nitrogen and oxygen atoms in total. The second-order valence-corrected chi connectivity index (χ2v) is 6.52. The predicted octanol–water partition coefficient (Wildman–Crippen LogP) is 2.15. The number of hydrogen-bond acceptors (Lipinski definition) is 4. The average molecular weight is 332 g/mol. The van der Waals surface area contributed by atoms with E-state index >= 15 is 0 Å². The van der Waals surface area contributed by atoms with E-state index in [0.717, 1.165) is 19.1 Å². The molecule has 0 bridgehead atoms. The number of amides is 2. The van der Waals surface area contributed by atoms with Crippen molar-refractivity contribution < 1.29 is 18.8 Å². The van der Waals surface area contributed by atoms with Crippen LogP contribution in [0.3, 0.4) is 0 Å². The summed E-state index contributed by atoms with van der Waals surface area (Å²) in [7, 11) is 0. The van der Waals surface area contributed by atoms with Crippen LogP contribution in [-0.4, -0.2) is 31.2 Å². The van der Waals surface area contributed by atoms with Crippen LogP contribution in [0.25, 0.3) is 0 Å². The van der Waals surface area contributed by atoms with Gasteiger partial charge in [0, 0.05) is 31.5 Å². The minimum atomic E-state index is -0.616. The molecule has 3 rings (SSSR count). The molecule has 0 spiro atoms. The normalized spacial score (nSPS) is 22.4. The van der Waals surface area contributed by atoms with Gasteiger partial charge in [-0.1, -0.05) is 12.1 Å². The fourth-order valence-corrected chi connectivity index (χ4v) is 3.59. The van der Waals surface area contributed by atoms with Gasteiger partial charge in [0.2, 0.25) is 11.8 Å². The summed E-state index contributed by atoms with van der Waals surface area (Å²) in [6.07, 6.45) is 3.81. The lowest BCUT2D eigenvalue weighted by Crippen LogP contribution is -2.40. The molecule has 0 saturated carbocycles. The molecule has 128 valence electrons. The molecule has 2 saturated heterocycles. The van der Waals surface area contributed by atoms with Gasteiger partial charge in [0.1, 0.15) is 12.1 Å². The first-order valence-corrected chi connectivity index (χ1v) is 8.41. The van der Waals surface area contributed by atoms with E-state index in [2.05, 4.69) is 5.32 Å². The highest BCUT2D eigenvalue weighted by atomic mass is 19.1. The minimum absolute atomic E-state index is 0.233. The molecule has 0 aliphatic carbocycles. The Labute approximate surface area is 140 Å². The first kappa shape index (κ1) is 16.6. The van der Waals surface area contributed by atoms with E-state index in [4.69, 9.17) is 0 Å². The van der Waals surface area contributed by atoms with Crippen LogP contribution in [-0.2, 0) is 14.4 Å². The van der Waals surface area contributed by atoms with Crippen molar-refractivity contribution in [2.75, 3.05) is 18.0 Å². The van der Waals surface area contributed by atoms with Crippen molar-refractivity contribution in [3.63, 3.8) is 0 Å². The fourth-order valence-electron chi connectivity index (χ4n) is 3.59. The first-order chi connectivity index (χ1) is 11.6. The molecule has 0 aromatic heterocycles. The Morgan fingerprint density at radius 3 is 2.62 bits per heavy atom. The molecule has 2 aliphatic rings. The summed E-state index contributed by atoms with van der Waals surface area (Å²) >= 11 is 0. The molecule has 1 aromatic carbocycles. The van der Waals surface area contributed by atoms with Crippen LogP contribution in [0, 0.1) is 11.7 Å². The number of benzene rings is 1. The third-order valence-electron chi connectivity index (χ3n) is 5.01. The molecule has 2 fully saturated rings. The molecule has 1 N–H and O–H groups in total. The zero-order chi connectivity index (χ0) is 17.1. The molecular formula is C18H21FN2O3. The molecule has 2 aliphatic heterocycles. The summed E-state index contributed by atoms with van der Waals surface area (Å²) in [5, 5.41) is 2.28. The van der Waals surface area contributed by atoms with Gasteiger partial charge < -0.3 is 9.69 Å². The summed E-state index contributed by atoms with van der Waals surface area (Å²) in [5.74, 6) is -1.34. The van der Waals surface area contributed by atoms with Crippen molar-refractivity contribution in [2.24, 2.45) is 5.92 Å². The van der Waals surface area contributed by atoms with Crippen LogP contribution in [0.2, 0.25) is 0 Å². The van der Waals surface area contributed by atoms with Crippen LogP contribution in [0.1, 0.15) is 43.6 Å². The van der Waals surface area contributed by atoms with Gasteiger partial charge >= 0.3 is 0 Å². The van der Waals surface area contributed by atoms with Gasteiger partial charge in [-0.05, 0) is 31.2 Å². The third kappa shape index (κ3) is 3.32. The van der Waals surface area contributed by atoms with E-state index in [0.29, 0.717) is 43.1 Å². The maximum Gasteiger partial charge on any atom is 0.234 e. The van der Waals surface area contributed by atoms with Crippen LogP contribution in [0.15, 0.2) is 18.2 Å². The lowest BCUT2D eigenvalue weighted by molar-refractivity contribution is -0.134. The van der Waals surface area contributed by atoms with Gasteiger partial charge in [0.15, 0.2) is 0 Å². The molecule has 6 heteroatoms. The Morgan fingerprint density at radius 1 is 1.21 bits per heavy atom. The van der Waals surface area contributed by atoms with Gasteiger partial charge in [-0.3, -0.25) is 14.9 Å². The number of rotatable bonds is 4. The number of carbonyl (C=O) groups excluding carboxylic acids is 3. The summed E-state index contributed by atoms with van der Waals surface area (Å²) in [6, 6.07) is 5.11. The minimum Gasteiger partial charge on any atom is -0.369 e. The predicted molar refractivity (Wildman–Crippen MR) is 87.1 cm³/mol. The molecular weight excluding hydrogens is 311 g/mol. The summed E-state index contributed by atoms with van der Waals surface area (Å²) in [4.78, 5) is 35.9. The van der Waals surface area contributed by atoms with E-state index in [1.54, 1.807) is 18.2 Å². The number of aldehydes is 1. The zero-order valence-corrected chi connectivity index (χ0v) is 13.5. The number of anilines is 1. The number of carbonyl (C=O) groups is 3. The molecule has 1 aromatic rings. The number of hydrogen-bond donors (Lipinski definition) is 1. The number of imide groups is 1. The smallest absolute Gasteiger partial charge is 0.234 e. The fraction of sp³-hybridized carbons (Fsp3) is 0.500. The largest absolute Gasteiger partial charge is 0.369 e. The topological polar surface area (TPSA) is 66.5 Å².